The molecule has 0 aliphatic carbocycles. The van der Waals surface area contributed by atoms with Crippen LogP contribution in [0.5, 0.6) is 11.5 Å². The second-order valence-electron chi connectivity index (χ2n) is 22.0. The summed E-state index contributed by atoms with van der Waals surface area (Å²) in [5.74, 6) is -0.746. The largest absolute Gasteiger partial charge is 0.493 e. The van der Waals surface area contributed by atoms with E-state index in [-0.39, 0.29) is 54.2 Å². The first-order valence-electron chi connectivity index (χ1n) is 24.0. The van der Waals surface area contributed by atoms with Crippen LogP contribution in [0.2, 0.25) is 48.9 Å². The molecule has 0 N–H and O–H groups in total. The van der Waals surface area contributed by atoms with E-state index in [4.69, 9.17) is 42.8 Å². The molecule has 1 aliphatic rings. The molecule has 5 atom stereocenters. The normalized spacial score (nSPS) is 18.3. The quantitative estimate of drug-likeness (QED) is 0.0125. The van der Waals surface area contributed by atoms with E-state index >= 15 is 0 Å². The zero-order valence-electron chi connectivity index (χ0n) is 43.9. The average molecular weight is 989 g/mol. The van der Waals surface area contributed by atoms with Crippen molar-refractivity contribution in [2.24, 2.45) is 11.0 Å². The average Bonchev–Trinajstić information content (AvgIpc) is 3.57. The summed E-state index contributed by atoms with van der Waals surface area (Å²) in [6, 6.07) is 25.7. The van der Waals surface area contributed by atoms with Crippen LogP contribution in [0, 0.1) is 5.92 Å². The Morgan fingerprint density at radius 2 is 1.43 bits per heavy atom. The lowest BCUT2D eigenvalue weighted by molar-refractivity contribution is -0.151. The number of carbonyl (C=O) groups excluding carboxylic acids is 1. The van der Waals surface area contributed by atoms with Crippen LogP contribution in [0.3, 0.4) is 0 Å². The maximum absolute atomic E-state index is 14.0. The lowest BCUT2D eigenvalue weighted by Gasteiger charge is -2.45. The van der Waals surface area contributed by atoms with Gasteiger partial charge < -0.3 is 37.3 Å². The molecule has 374 valence electrons. The Morgan fingerprint density at radius 1 is 0.824 bits per heavy atom. The standard InChI is InChI=1S/C53H81N3O9Si3/c1-39(40(2)64-68(52(6,7)8,41-24-19-17-20-25-41)42-26-21-18-22-27-42)30-31-47(65-67(15,16)51(3,4)5)49-46(62-53(9,10)63-49)29-23-28-43-44(59-35-34-55-56-54)32-33-45(61-38-58-11)48(43)50(57)60-36-37-66(12,13)14/h17-28,30-33,39-40,46-47,49H,29,34-38H2,1-16H3/b28-23+,31-30-/t39-,40-,46+,47?,49-/m0/s1. The van der Waals surface area contributed by atoms with Gasteiger partial charge in [-0.15, -0.1) is 0 Å². The Bertz CT molecular complexity index is 2140. The second-order valence-corrected chi connectivity index (χ2v) is 36.6. The first-order chi connectivity index (χ1) is 31.8. The van der Waals surface area contributed by atoms with Crippen molar-refractivity contribution in [3.63, 3.8) is 0 Å². The smallest absolute Gasteiger partial charge is 0.342 e. The van der Waals surface area contributed by atoms with Gasteiger partial charge in [-0.1, -0.05) is 158 Å². The predicted octanol–water partition coefficient (Wildman–Crippen LogP) is 12.3. The Kier molecular flexibility index (Phi) is 20.1. The minimum atomic E-state index is -2.83. The molecule has 0 radical (unpaired) electrons. The van der Waals surface area contributed by atoms with E-state index in [1.54, 1.807) is 12.1 Å². The monoisotopic (exact) mass is 988 g/mol. The van der Waals surface area contributed by atoms with Crippen molar-refractivity contribution in [3.05, 3.63) is 113 Å². The van der Waals surface area contributed by atoms with Gasteiger partial charge in [-0.25, -0.2) is 4.79 Å². The number of hydrogen-bond acceptors (Lipinski definition) is 10. The second kappa shape index (κ2) is 24.2. The molecule has 15 heteroatoms. The molecule has 3 aromatic carbocycles. The topological polar surface area (TPSA) is 140 Å². The summed E-state index contributed by atoms with van der Waals surface area (Å²) >= 11 is 0. The zero-order chi connectivity index (χ0) is 50.6. The van der Waals surface area contributed by atoms with Gasteiger partial charge in [0, 0.05) is 31.8 Å². The van der Waals surface area contributed by atoms with Crippen molar-refractivity contribution in [1.29, 1.82) is 0 Å². The van der Waals surface area contributed by atoms with Gasteiger partial charge in [0.1, 0.15) is 23.2 Å². The Labute approximate surface area is 411 Å². The molecule has 0 bridgehead atoms. The van der Waals surface area contributed by atoms with E-state index in [1.807, 2.05) is 26.0 Å². The summed E-state index contributed by atoms with van der Waals surface area (Å²) in [4.78, 5) is 16.9. The minimum Gasteiger partial charge on any atom is -0.493 e. The Balaban J connectivity index is 1.75. The van der Waals surface area contributed by atoms with E-state index in [0.29, 0.717) is 23.5 Å². The summed E-state index contributed by atoms with van der Waals surface area (Å²) in [6.45, 7) is 33.5. The number of ether oxygens (including phenoxy) is 6. The van der Waals surface area contributed by atoms with Crippen molar-refractivity contribution >= 4 is 47.1 Å². The maximum atomic E-state index is 14.0. The van der Waals surface area contributed by atoms with Crippen LogP contribution in [0.25, 0.3) is 16.5 Å². The van der Waals surface area contributed by atoms with Crippen molar-refractivity contribution in [2.45, 2.75) is 155 Å². The maximum Gasteiger partial charge on any atom is 0.342 e. The predicted molar refractivity (Wildman–Crippen MR) is 283 cm³/mol. The summed E-state index contributed by atoms with van der Waals surface area (Å²) in [7, 11) is -5.20. The molecule has 0 saturated carbocycles. The lowest BCUT2D eigenvalue weighted by Crippen LogP contribution is -2.67. The van der Waals surface area contributed by atoms with Crippen LogP contribution in [0.4, 0.5) is 0 Å². The highest BCUT2D eigenvalue weighted by Gasteiger charge is 2.52. The SMILES string of the molecule is COCOc1ccc(OCCN=[N+]=[N-])c(/C=C/C[C@H]2OC(C)(C)O[C@@H]2C(/C=C\[C@H](C)[C@H](C)O[Si](c2ccccc2)(c2ccccc2)C(C)(C)C)O[Si](C)(C)C(C)(C)C)c1C(=O)OCC[Si](C)(C)C. The van der Waals surface area contributed by atoms with Gasteiger partial charge in [0.2, 0.25) is 0 Å². The van der Waals surface area contributed by atoms with E-state index in [2.05, 4.69) is 171 Å². The van der Waals surface area contributed by atoms with Crippen molar-refractivity contribution < 1.29 is 42.1 Å². The van der Waals surface area contributed by atoms with Crippen molar-refractivity contribution in [2.75, 3.05) is 33.7 Å². The van der Waals surface area contributed by atoms with Gasteiger partial charge in [-0.3, -0.25) is 0 Å². The molecular weight excluding hydrogens is 907 g/mol. The highest BCUT2D eigenvalue weighted by atomic mass is 28.4. The molecule has 1 fully saturated rings. The Morgan fingerprint density at radius 3 is 1.97 bits per heavy atom. The van der Waals surface area contributed by atoms with Crippen LogP contribution in [-0.2, 0) is 27.8 Å². The van der Waals surface area contributed by atoms with Crippen LogP contribution in [0.1, 0.15) is 91.6 Å². The zero-order valence-corrected chi connectivity index (χ0v) is 46.9. The van der Waals surface area contributed by atoms with Gasteiger partial charge in [-0.05, 0) is 90.4 Å². The highest BCUT2D eigenvalue weighted by Crippen LogP contribution is 2.42. The van der Waals surface area contributed by atoms with E-state index < -0.39 is 54.8 Å². The summed E-state index contributed by atoms with van der Waals surface area (Å²) in [6.07, 6.45) is 7.09. The van der Waals surface area contributed by atoms with Gasteiger partial charge >= 0.3 is 5.97 Å². The third kappa shape index (κ3) is 15.2. The number of benzene rings is 3. The van der Waals surface area contributed by atoms with Crippen LogP contribution in [-0.4, -0.2) is 94.5 Å². The van der Waals surface area contributed by atoms with E-state index in [1.165, 1.54) is 17.5 Å². The fourth-order valence-electron chi connectivity index (χ4n) is 7.98. The third-order valence-electron chi connectivity index (χ3n) is 12.9. The van der Waals surface area contributed by atoms with Crippen LogP contribution >= 0.6 is 0 Å². The van der Waals surface area contributed by atoms with Gasteiger partial charge in [0.15, 0.2) is 20.9 Å². The number of azide groups is 1. The third-order valence-corrected chi connectivity index (χ3v) is 24.2. The molecule has 1 unspecified atom stereocenters. The number of methoxy groups -OCH3 is 1. The molecular formula is C53H81N3O9Si3. The number of carbonyl (C=O) groups is 1. The molecule has 68 heavy (non-hydrogen) atoms. The van der Waals surface area contributed by atoms with Gasteiger partial charge in [-0.2, -0.15) is 0 Å². The minimum absolute atomic E-state index is 0.00429. The van der Waals surface area contributed by atoms with Crippen LogP contribution < -0.4 is 19.8 Å². The number of rotatable bonds is 24. The van der Waals surface area contributed by atoms with Gasteiger partial charge in [0.25, 0.3) is 8.32 Å². The van der Waals surface area contributed by atoms with E-state index in [9.17, 15) is 4.79 Å². The van der Waals surface area contributed by atoms with Gasteiger partial charge in [0.05, 0.1) is 32.0 Å². The molecule has 1 saturated heterocycles. The fourth-order valence-corrected chi connectivity index (χ4v) is 14.7. The van der Waals surface area contributed by atoms with Crippen molar-refractivity contribution in [3.8, 4) is 11.5 Å². The molecule has 1 aliphatic heterocycles. The number of nitrogens with zero attached hydrogens (tertiary/aromatic N) is 3. The lowest BCUT2D eigenvalue weighted by atomic mass is 9.99. The van der Waals surface area contributed by atoms with Crippen molar-refractivity contribution in [1.82, 2.24) is 0 Å². The molecule has 12 nitrogen and oxygen atoms in total. The molecule has 3 aromatic rings. The highest BCUT2D eigenvalue weighted by molar-refractivity contribution is 6.99. The number of esters is 1. The number of hydrogen-bond donors (Lipinski definition) is 0. The molecule has 0 aromatic heterocycles. The summed E-state index contributed by atoms with van der Waals surface area (Å²) in [5.41, 5.74) is 9.58. The molecule has 0 spiro atoms. The Hall–Kier alpha value is -4.03. The molecule has 4 rings (SSSR count). The molecule has 0 amide bonds. The fraction of sp³-hybridized carbons (Fsp3) is 0.566. The van der Waals surface area contributed by atoms with E-state index in [0.717, 1.165) is 6.04 Å². The summed E-state index contributed by atoms with van der Waals surface area (Å²) < 4.78 is 51.5. The first kappa shape index (κ1) is 56.6. The molecule has 1 heterocycles. The first-order valence-corrected chi connectivity index (χ1v) is 32.6. The summed E-state index contributed by atoms with van der Waals surface area (Å²) in [5, 5.41) is 5.85. The van der Waals surface area contributed by atoms with Crippen LogP contribution in [0.15, 0.2) is 96.1 Å².